The van der Waals surface area contributed by atoms with Gasteiger partial charge in [-0.1, -0.05) is 54.1 Å². The lowest BCUT2D eigenvalue weighted by atomic mass is 10.1. The van der Waals surface area contributed by atoms with Gasteiger partial charge in [0, 0.05) is 48.4 Å². The molecule has 4 N–H and O–H groups in total. The van der Waals surface area contributed by atoms with Crippen molar-refractivity contribution in [3.05, 3.63) is 94.8 Å². The van der Waals surface area contributed by atoms with Crippen LogP contribution in [0.5, 0.6) is 5.88 Å². The standard InChI is InChI=1S/C21H23ClN6O.C6H6/c1-25-10-17(9-24)16-7-20-21(28-11-16)29-18(13-27-20)12-26-5-4-15-3-2-14(8-23)6-19(15)22;1-2-4-6-5-3-1/h2-3,6-7,9-11,18,26-27H,4-5,12-13,24H2,1H3;1-6H/b17-9+,25-10?;. The van der Waals surface area contributed by atoms with E-state index in [0.717, 1.165) is 35.4 Å². The average molecular weight is 489 g/mol. The van der Waals surface area contributed by atoms with Crippen LogP contribution in [-0.2, 0) is 6.42 Å². The highest BCUT2D eigenvalue weighted by molar-refractivity contribution is 6.31. The number of rotatable bonds is 7. The molecular weight excluding hydrogens is 460 g/mol. The first-order valence-electron chi connectivity index (χ1n) is 11.3. The second-order valence-electron chi connectivity index (χ2n) is 7.73. The van der Waals surface area contributed by atoms with Crippen molar-refractivity contribution in [2.45, 2.75) is 12.5 Å². The van der Waals surface area contributed by atoms with Gasteiger partial charge in [-0.15, -0.1) is 0 Å². The third-order valence-corrected chi connectivity index (χ3v) is 5.57. The molecule has 8 heteroatoms. The van der Waals surface area contributed by atoms with Crippen molar-refractivity contribution >= 4 is 29.1 Å². The summed E-state index contributed by atoms with van der Waals surface area (Å²) in [6.45, 7) is 2.11. The van der Waals surface area contributed by atoms with Gasteiger partial charge in [0.05, 0.1) is 23.9 Å². The molecule has 180 valence electrons. The quantitative estimate of drug-likeness (QED) is 0.338. The Hall–Kier alpha value is -3.86. The summed E-state index contributed by atoms with van der Waals surface area (Å²) < 4.78 is 5.98. The number of nitrogens with one attached hydrogen (secondary N) is 2. The van der Waals surface area contributed by atoms with Crippen LogP contribution in [0.2, 0.25) is 5.02 Å². The smallest absolute Gasteiger partial charge is 0.237 e. The van der Waals surface area contributed by atoms with Crippen LogP contribution in [0.15, 0.2) is 78.1 Å². The zero-order valence-electron chi connectivity index (χ0n) is 19.6. The Morgan fingerprint density at radius 1 is 1.29 bits per heavy atom. The maximum Gasteiger partial charge on any atom is 0.237 e. The number of anilines is 1. The Morgan fingerprint density at radius 2 is 2.03 bits per heavy atom. The first-order chi connectivity index (χ1) is 17.1. The molecule has 0 amide bonds. The number of hydrogen-bond donors (Lipinski definition) is 3. The predicted octanol–water partition coefficient (Wildman–Crippen LogP) is 4.30. The van der Waals surface area contributed by atoms with Gasteiger partial charge in [-0.25, -0.2) is 4.98 Å². The SMILES string of the molecule is CN=C/C(=C\N)c1cnc2c(c1)NCC(CNCCc1ccc(C#N)cc1Cl)O2.c1ccccc1. The van der Waals surface area contributed by atoms with Gasteiger partial charge < -0.3 is 21.1 Å². The second-order valence-corrected chi connectivity index (χ2v) is 8.14. The molecule has 1 aromatic heterocycles. The monoisotopic (exact) mass is 488 g/mol. The lowest BCUT2D eigenvalue weighted by molar-refractivity contribution is 0.194. The van der Waals surface area contributed by atoms with E-state index in [9.17, 15) is 0 Å². The molecule has 2 aromatic carbocycles. The van der Waals surface area contributed by atoms with E-state index in [0.29, 0.717) is 29.6 Å². The number of aliphatic imine (C=N–C) groups is 1. The topological polar surface area (TPSA) is 108 Å². The van der Waals surface area contributed by atoms with Crippen molar-refractivity contribution in [1.82, 2.24) is 10.3 Å². The Bertz CT molecular complexity index is 1160. The molecule has 2 heterocycles. The van der Waals surface area contributed by atoms with Gasteiger partial charge in [-0.05, 0) is 36.7 Å². The minimum atomic E-state index is -0.0287. The molecule has 0 radical (unpaired) electrons. The molecule has 1 atom stereocenters. The van der Waals surface area contributed by atoms with E-state index in [4.69, 9.17) is 27.3 Å². The van der Waals surface area contributed by atoms with E-state index < -0.39 is 0 Å². The molecular formula is C27H29ClN6O. The van der Waals surface area contributed by atoms with Gasteiger partial charge in [-0.2, -0.15) is 5.26 Å². The summed E-state index contributed by atoms with van der Waals surface area (Å²) in [5.74, 6) is 0.576. The summed E-state index contributed by atoms with van der Waals surface area (Å²) in [4.78, 5) is 8.41. The van der Waals surface area contributed by atoms with Crippen molar-refractivity contribution in [2.75, 3.05) is 32.0 Å². The average Bonchev–Trinajstić information content (AvgIpc) is 2.91. The molecule has 0 spiro atoms. The number of nitrogens with two attached hydrogens (primary N) is 1. The van der Waals surface area contributed by atoms with Crippen LogP contribution in [-0.4, -0.2) is 44.0 Å². The van der Waals surface area contributed by atoms with Crippen LogP contribution in [0, 0.1) is 11.3 Å². The maximum atomic E-state index is 8.90. The van der Waals surface area contributed by atoms with Gasteiger partial charge in [-0.3, -0.25) is 4.99 Å². The number of aromatic nitrogens is 1. The number of allylic oxidation sites excluding steroid dienone is 1. The molecule has 0 bridgehead atoms. The number of ether oxygens (including phenoxy) is 1. The van der Waals surface area contributed by atoms with E-state index in [-0.39, 0.29) is 6.10 Å². The molecule has 1 aliphatic rings. The van der Waals surface area contributed by atoms with E-state index in [2.05, 4.69) is 26.7 Å². The third-order valence-electron chi connectivity index (χ3n) is 5.22. The molecule has 7 nitrogen and oxygen atoms in total. The molecule has 35 heavy (non-hydrogen) atoms. The zero-order chi connectivity index (χ0) is 24.9. The molecule has 0 saturated carbocycles. The fourth-order valence-electron chi connectivity index (χ4n) is 3.41. The maximum absolute atomic E-state index is 8.90. The number of benzene rings is 2. The highest BCUT2D eigenvalue weighted by Crippen LogP contribution is 2.29. The minimum Gasteiger partial charge on any atom is -0.470 e. The molecule has 1 unspecified atom stereocenters. The predicted molar refractivity (Wildman–Crippen MR) is 143 cm³/mol. The molecule has 0 fully saturated rings. The minimum absolute atomic E-state index is 0.0287. The van der Waals surface area contributed by atoms with Gasteiger partial charge >= 0.3 is 0 Å². The second kappa shape index (κ2) is 13.8. The highest BCUT2D eigenvalue weighted by atomic mass is 35.5. The Morgan fingerprint density at radius 3 is 2.66 bits per heavy atom. The Labute approximate surface area is 211 Å². The van der Waals surface area contributed by atoms with Gasteiger partial charge in [0.15, 0.2) is 0 Å². The first-order valence-corrected chi connectivity index (χ1v) is 11.7. The first kappa shape index (κ1) is 25.8. The normalized spacial score (nSPS) is 14.7. The number of halogens is 1. The van der Waals surface area contributed by atoms with Crippen LogP contribution in [0.25, 0.3) is 5.57 Å². The van der Waals surface area contributed by atoms with E-state index in [1.165, 1.54) is 6.20 Å². The molecule has 0 saturated heterocycles. The number of hydrogen-bond acceptors (Lipinski definition) is 7. The van der Waals surface area contributed by atoms with Crippen molar-refractivity contribution in [2.24, 2.45) is 10.7 Å². The lowest BCUT2D eigenvalue weighted by Crippen LogP contribution is -2.40. The summed E-state index contributed by atoms with van der Waals surface area (Å²) in [7, 11) is 1.70. The van der Waals surface area contributed by atoms with Gasteiger partial charge in [0.25, 0.3) is 0 Å². The van der Waals surface area contributed by atoms with Crippen molar-refractivity contribution in [3.8, 4) is 11.9 Å². The summed E-state index contributed by atoms with van der Waals surface area (Å²) in [6, 6.07) is 21.4. The van der Waals surface area contributed by atoms with Crippen molar-refractivity contribution in [3.63, 3.8) is 0 Å². The lowest BCUT2D eigenvalue weighted by Gasteiger charge is -2.27. The van der Waals surface area contributed by atoms with Crippen LogP contribution >= 0.6 is 11.6 Å². The zero-order valence-corrected chi connectivity index (χ0v) is 20.4. The summed E-state index contributed by atoms with van der Waals surface area (Å²) >= 11 is 6.22. The Balaban J connectivity index is 0.000000497. The van der Waals surface area contributed by atoms with Crippen LogP contribution in [0.4, 0.5) is 5.69 Å². The fraction of sp³-hybridized carbons (Fsp3) is 0.222. The van der Waals surface area contributed by atoms with E-state index in [1.54, 1.807) is 31.6 Å². The third kappa shape index (κ3) is 7.85. The Kier molecular flexibility index (Phi) is 10.1. The summed E-state index contributed by atoms with van der Waals surface area (Å²) in [5, 5.41) is 16.3. The molecule has 0 aliphatic carbocycles. The number of pyridine rings is 1. The fourth-order valence-corrected chi connectivity index (χ4v) is 3.69. The number of fused-ring (bicyclic) bond motifs is 1. The highest BCUT2D eigenvalue weighted by Gasteiger charge is 2.20. The summed E-state index contributed by atoms with van der Waals surface area (Å²) in [5.41, 5.74) is 9.76. The number of nitriles is 1. The van der Waals surface area contributed by atoms with Gasteiger partial charge in [0.1, 0.15) is 6.10 Å². The molecule has 1 aliphatic heterocycles. The molecule has 4 rings (SSSR count). The van der Waals surface area contributed by atoms with Crippen molar-refractivity contribution < 1.29 is 4.74 Å². The largest absolute Gasteiger partial charge is 0.470 e. The van der Waals surface area contributed by atoms with Crippen molar-refractivity contribution in [1.29, 1.82) is 5.26 Å². The van der Waals surface area contributed by atoms with Crippen LogP contribution in [0.1, 0.15) is 16.7 Å². The van der Waals surface area contributed by atoms with Crippen LogP contribution < -0.4 is 21.1 Å². The summed E-state index contributed by atoms with van der Waals surface area (Å²) in [6.07, 6.45) is 5.67. The van der Waals surface area contributed by atoms with Gasteiger partial charge in [0.2, 0.25) is 5.88 Å². The molecule has 3 aromatic rings. The number of nitrogens with zero attached hydrogens (tertiary/aromatic N) is 3. The van der Waals surface area contributed by atoms with Crippen LogP contribution in [0.3, 0.4) is 0 Å². The van der Waals surface area contributed by atoms with E-state index in [1.807, 2.05) is 48.5 Å². The van der Waals surface area contributed by atoms with E-state index >= 15 is 0 Å².